The van der Waals surface area contributed by atoms with Gasteiger partial charge >= 0.3 is 0 Å². The van der Waals surface area contributed by atoms with Crippen LogP contribution in [0.1, 0.15) is 19.8 Å². The van der Waals surface area contributed by atoms with Crippen LogP contribution < -0.4 is 0 Å². The first-order valence-corrected chi connectivity index (χ1v) is 7.13. The Morgan fingerprint density at radius 3 is 2.59 bits per heavy atom. The molecule has 1 saturated heterocycles. The minimum atomic E-state index is -3.49. The van der Waals surface area contributed by atoms with E-state index in [4.69, 9.17) is 15.1 Å². The van der Waals surface area contributed by atoms with Crippen LogP contribution in [-0.4, -0.2) is 55.5 Å². The number of ether oxygens (including phenoxy) is 1. The second-order valence-electron chi connectivity index (χ2n) is 4.01. The summed E-state index contributed by atoms with van der Waals surface area (Å²) in [6.07, 6.45) is 1.22. The Morgan fingerprint density at radius 2 is 2.12 bits per heavy atom. The van der Waals surface area contributed by atoms with Gasteiger partial charge in [0.25, 0.3) is 0 Å². The smallest absolute Gasteiger partial charge is 0.230 e. The number of aliphatic hydroxyl groups is 1. The molecule has 6 nitrogen and oxygen atoms in total. The van der Waals surface area contributed by atoms with E-state index < -0.39 is 15.3 Å². The minimum absolute atomic E-state index is 0.00555. The van der Waals surface area contributed by atoms with Crippen molar-refractivity contribution < 1.29 is 18.3 Å². The second kappa shape index (κ2) is 6.31. The number of aliphatic hydroxyl groups excluding tert-OH is 1. The van der Waals surface area contributed by atoms with Crippen LogP contribution in [0.25, 0.3) is 0 Å². The summed E-state index contributed by atoms with van der Waals surface area (Å²) in [5, 5.41) is 16.3. The molecule has 1 aliphatic rings. The maximum atomic E-state index is 11.9. The molecule has 0 aromatic rings. The maximum Gasteiger partial charge on any atom is 0.230 e. The van der Waals surface area contributed by atoms with E-state index in [0.29, 0.717) is 25.9 Å². The molecule has 1 fully saturated rings. The SMILES string of the molecule is CC(C#N)S(=O)(=O)N1CCC(OCCO)CC1. The van der Waals surface area contributed by atoms with Gasteiger partial charge in [0, 0.05) is 13.1 Å². The molecule has 0 aromatic heterocycles. The fraction of sp³-hybridized carbons (Fsp3) is 0.900. The van der Waals surface area contributed by atoms with Crippen molar-refractivity contribution in [2.45, 2.75) is 31.1 Å². The molecule has 1 unspecified atom stereocenters. The van der Waals surface area contributed by atoms with Crippen molar-refractivity contribution >= 4 is 10.0 Å². The molecule has 17 heavy (non-hydrogen) atoms. The molecule has 0 saturated carbocycles. The van der Waals surface area contributed by atoms with Gasteiger partial charge in [-0.3, -0.25) is 0 Å². The van der Waals surface area contributed by atoms with E-state index in [1.807, 2.05) is 0 Å². The normalized spacial score (nSPS) is 21.0. The predicted molar refractivity (Wildman–Crippen MR) is 61.6 cm³/mol. The molecule has 1 rings (SSSR count). The number of piperidine rings is 1. The molecule has 0 bridgehead atoms. The first-order chi connectivity index (χ1) is 8.02. The van der Waals surface area contributed by atoms with Gasteiger partial charge in [-0.25, -0.2) is 12.7 Å². The summed E-state index contributed by atoms with van der Waals surface area (Å²) in [5.41, 5.74) is 0. The third-order valence-electron chi connectivity index (χ3n) is 2.83. The Morgan fingerprint density at radius 1 is 1.53 bits per heavy atom. The third kappa shape index (κ3) is 3.64. The molecule has 0 spiro atoms. The first kappa shape index (κ1) is 14.4. The van der Waals surface area contributed by atoms with Crippen LogP contribution in [0.5, 0.6) is 0 Å². The lowest BCUT2D eigenvalue weighted by atomic mass is 10.1. The highest BCUT2D eigenvalue weighted by Crippen LogP contribution is 2.18. The number of rotatable bonds is 5. The molecule has 0 aromatic carbocycles. The highest BCUT2D eigenvalue weighted by Gasteiger charge is 2.32. The molecule has 1 atom stereocenters. The van der Waals surface area contributed by atoms with Crippen LogP contribution in [0.4, 0.5) is 0 Å². The minimum Gasteiger partial charge on any atom is -0.394 e. The first-order valence-electron chi connectivity index (χ1n) is 5.63. The van der Waals surface area contributed by atoms with Crippen LogP contribution in [-0.2, 0) is 14.8 Å². The Labute approximate surface area is 102 Å². The molecule has 98 valence electrons. The van der Waals surface area contributed by atoms with E-state index in [0.717, 1.165) is 0 Å². The van der Waals surface area contributed by atoms with Crippen LogP contribution >= 0.6 is 0 Å². The Hall–Kier alpha value is -0.680. The van der Waals surface area contributed by atoms with E-state index in [1.165, 1.54) is 11.2 Å². The van der Waals surface area contributed by atoms with Crippen molar-refractivity contribution in [3.63, 3.8) is 0 Å². The van der Waals surface area contributed by atoms with E-state index in [9.17, 15) is 8.42 Å². The molecule has 7 heteroatoms. The van der Waals surface area contributed by atoms with E-state index in [-0.39, 0.29) is 19.3 Å². The van der Waals surface area contributed by atoms with E-state index in [2.05, 4.69) is 0 Å². The molecule has 0 amide bonds. The summed E-state index contributed by atoms with van der Waals surface area (Å²) in [6.45, 7) is 2.41. The standard InChI is InChI=1S/C10H18N2O4S/c1-9(8-11)17(14,15)12-4-2-10(3-5-12)16-7-6-13/h9-10,13H,2-7H2,1H3. The lowest BCUT2D eigenvalue weighted by molar-refractivity contribution is 0.00315. The van der Waals surface area contributed by atoms with E-state index in [1.54, 1.807) is 6.07 Å². The van der Waals surface area contributed by atoms with Gasteiger partial charge in [0.2, 0.25) is 10.0 Å². The number of hydrogen-bond donors (Lipinski definition) is 1. The molecular weight excluding hydrogens is 244 g/mol. The summed E-state index contributed by atoms with van der Waals surface area (Å²) in [4.78, 5) is 0. The molecular formula is C10H18N2O4S. The zero-order valence-corrected chi connectivity index (χ0v) is 10.7. The topological polar surface area (TPSA) is 90.6 Å². The molecule has 1 N–H and O–H groups in total. The van der Waals surface area contributed by atoms with Crippen molar-refractivity contribution in [1.82, 2.24) is 4.31 Å². The zero-order chi connectivity index (χ0) is 12.9. The fourth-order valence-electron chi connectivity index (χ4n) is 1.76. The second-order valence-corrected chi connectivity index (χ2v) is 6.26. The summed E-state index contributed by atoms with van der Waals surface area (Å²) in [5.74, 6) is 0. The van der Waals surface area contributed by atoms with Crippen molar-refractivity contribution in [2.24, 2.45) is 0 Å². The van der Waals surface area contributed by atoms with Crippen molar-refractivity contribution in [1.29, 1.82) is 5.26 Å². The Kier molecular flexibility index (Phi) is 5.33. The van der Waals surface area contributed by atoms with Crippen molar-refractivity contribution in [3.8, 4) is 6.07 Å². The fourth-order valence-corrected chi connectivity index (χ4v) is 3.06. The van der Waals surface area contributed by atoms with Gasteiger partial charge in [-0.1, -0.05) is 0 Å². The van der Waals surface area contributed by atoms with Gasteiger partial charge < -0.3 is 9.84 Å². The summed E-state index contributed by atoms with van der Waals surface area (Å²) in [6, 6.07) is 1.75. The summed E-state index contributed by atoms with van der Waals surface area (Å²) < 4.78 is 30.4. The lowest BCUT2D eigenvalue weighted by Crippen LogP contribution is -2.44. The van der Waals surface area contributed by atoms with Gasteiger partial charge in [-0.2, -0.15) is 5.26 Å². The quantitative estimate of drug-likeness (QED) is 0.734. The Bertz CT molecular complexity index is 368. The van der Waals surface area contributed by atoms with Gasteiger partial charge in [0.15, 0.2) is 5.25 Å². The lowest BCUT2D eigenvalue weighted by Gasteiger charge is -2.31. The van der Waals surface area contributed by atoms with Gasteiger partial charge in [0.1, 0.15) is 0 Å². The maximum absolute atomic E-state index is 11.9. The van der Waals surface area contributed by atoms with Gasteiger partial charge in [0.05, 0.1) is 25.4 Å². The zero-order valence-electron chi connectivity index (χ0n) is 9.87. The largest absolute Gasteiger partial charge is 0.394 e. The van der Waals surface area contributed by atoms with Crippen LogP contribution in [0, 0.1) is 11.3 Å². The molecule has 0 aliphatic carbocycles. The third-order valence-corrected chi connectivity index (χ3v) is 4.92. The number of hydrogen-bond acceptors (Lipinski definition) is 5. The number of nitrogens with zero attached hydrogens (tertiary/aromatic N) is 2. The molecule has 1 aliphatic heterocycles. The molecule has 0 radical (unpaired) electrons. The van der Waals surface area contributed by atoms with Crippen molar-refractivity contribution in [2.75, 3.05) is 26.3 Å². The number of sulfonamides is 1. The van der Waals surface area contributed by atoms with Crippen LogP contribution in [0.15, 0.2) is 0 Å². The van der Waals surface area contributed by atoms with Gasteiger partial charge in [-0.15, -0.1) is 0 Å². The van der Waals surface area contributed by atoms with Crippen LogP contribution in [0.3, 0.4) is 0 Å². The monoisotopic (exact) mass is 262 g/mol. The highest BCUT2D eigenvalue weighted by atomic mass is 32.2. The number of nitriles is 1. The highest BCUT2D eigenvalue weighted by molar-refractivity contribution is 7.89. The van der Waals surface area contributed by atoms with Gasteiger partial charge in [-0.05, 0) is 19.8 Å². The Balaban J connectivity index is 2.50. The predicted octanol–water partition coefficient (Wildman–Crippen LogP) is -0.298. The van der Waals surface area contributed by atoms with E-state index >= 15 is 0 Å². The summed E-state index contributed by atoms with van der Waals surface area (Å²) >= 11 is 0. The molecule has 1 heterocycles. The average molecular weight is 262 g/mol. The average Bonchev–Trinajstić information content (AvgIpc) is 2.35. The summed E-state index contributed by atoms with van der Waals surface area (Å²) in [7, 11) is -3.49. The van der Waals surface area contributed by atoms with Crippen LogP contribution in [0.2, 0.25) is 0 Å². The van der Waals surface area contributed by atoms with Crippen molar-refractivity contribution in [3.05, 3.63) is 0 Å².